The predicted octanol–water partition coefficient (Wildman–Crippen LogP) is 3.27. The SMILES string of the molecule is CC(CC(=O)O)c1ccc(O)c(C(C)(C)C)c1. The molecule has 0 amide bonds. The van der Waals surface area contributed by atoms with Crippen molar-refractivity contribution in [3.05, 3.63) is 29.3 Å². The lowest BCUT2D eigenvalue weighted by atomic mass is 9.83. The number of aliphatic carboxylic acids is 1. The van der Waals surface area contributed by atoms with E-state index in [0.29, 0.717) is 0 Å². The molecule has 0 heterocycles. The lowest BCUT2D eigenvalue weighted by molar-refractivity contribution is -0.137. The first-order valence-corrected chi connectivity index (χ1v) is 5.77. The van der Waals surface area contributed by atoms with Gasteiger partial charge in [0.05, 0.1) is 6.42 Å². The molecule has 0 aliphatic heterocycles. The summed E-state index contributed by atoms with van der Waals surface area (Å²) in [5.74, 6) is -0.583. The van der Waals surface area contributed by atoms with Crippen molar-refractivity contribution in [3.63, 3.8) is 0 Å². The molecule has 1 aromatic carbocycles. The smallest absolute Gasteiger partial charge is 0.303 e. The van der Waals surface area contributed by atoms with Gasteiger partial charge >= 0.3 is 5.97 Å². The van der Waals surface area contributed by atoms with Gasteiger partial charge in [-0.3, -0.25) is 4.79 Å². The molecule has 1 atom stereocenters. The normalized spacial score (nSPS) is 13.4. The molecule has 0 aromatic heterocycles. The highest BCUT2D eigenvalue weighted by molar-refractivity contribution is 5.68. The summed E-state index contributed by atoms with van der Waals surface area (Å²) in [4.78, 5) is 10.7. The van der Waals surface area contributed by atoms with Gasteiger partial charge < -0.3 is 10.2 Å². The Hall–Kier alpha value is -1.51. The van der Waals surface area contributed by atoms with Crippen LogP contribution in [0.1, 0.15) is 51.2 Å². The molecule has 0 aliphatic rings. The van der Waals surface area contributed by atoms with Crippen LogP contribution < -0.4 is 0 Å². The first-order chi connectivity index (χ1) is 7.71. The van der Waals surface area contributed by atoms with E-state index in [1.165, 1.54) is 0 Å². The monoisotopic (exact) mass is 236 g/mol. The van der Waals surface area contributed by atoms with Gasteiger partial charge in [0.2, 0.25) is 0 Å². The second kappa shape index (κ2) is 4.78. The molecule has 3 heteroatoms. The average molecular weight is 236 g/mol. The van der Waals surface area contributed by atoms with Gasteiger partial charge in [0.1, 0.15) is 5.75 Å². The molecule has 0 spiro atoms. The molecule has 0 bridgehead atoms. The average Bonchev–Trinajstić information content (AvgIpc) is 2.15. The number of phenolic OH excluding ortho intramolecular Hbond substituents is 1. The summed E-state index contributed by atoms with van der Waals surface area (Å²) in [6.45, 7) is 7.95. The standard InChI is InChI=1S/C14H20O3/c1-9(7-13(16)17)10-5-6-12(15)11(8-10)14(2,3)4/h5-6,8-9,15H,7H2,1-4H3,(H,16,17). The van der Waals surface area contributed by atoms with E-state index in [1.54, 1.807) is 12.1 Å². The number of carbonyl (C=O) groups is 1. The third-order valence-electron chi connectivity index (χ3n) is 2.88. The van der Waals surface area contributed by atoms with Crippen molar-refractivity contribution < 1.29 is 15.0 Å². The van der Waals surface area contributed by atoms with Gasteiger partial charge in [0, 0.05) is 0 Å². The number of hydrogen-bond acceptors (Lipinski definition) is 2. The number of phenols is 1. The van der Waals surface area contributed by atoms with Gasteiger partial charge in [-0.15, -0.1) is 0 Å². The predicted molar refractivity (Wildman–Crippen MR) is 67.5 cm³/mol. The molecule has 2 N–H and O–H groups in total. The molecule has 0 fully saturated rings. The second-order valence-corrected chi connectivity index (χ2v) is 5.53. The largest absolute Gasteiger partial charge is 0.508 e. The van der Waals surface area contributed by atoms with Crippen LogP contribution in [-0.4, -0.2) is 16.2 Å². The maximum atomic E-state index is 10.7. The zero-order chi connectivity index (χ0) is 13.2. The van der Waals surface area contributed by atoms with Crippen molar-refractivity contribution in [2.24, 2.45) is 0 Å². The zero-order valence-electron chi connectivity index (χ0n) is 10.8. The van der Waals surface area contributed by atoms with E-state index >= 15 is 0 Å². The fraction of sp³-hybridized carbons (Fsp3) is 0.500. The summed E-state index contributed by atoms with van der Waals surface area (Å²) >= 11 is 0. The summed E-state index contributed by atoms with van der Waals surface area (Å²) in [5, 5.41) is 18.6. The number of aromatic hydroxyl groups is 1. The molecule has 1 aromatic rings. The van der Waals surface area contributed by atoms with Crippen molar-refractivity contribution in [2.45, 2.75) is 45.4 Å². The van der Waals surface area contributed by atoms with E-state index < -0.39 is 5.97 Å². The van der Waals surface area contributed by atoms with Gasteiger partial charge in [-0.1, -0.05) is 39.8 Å². The van der Waals surface area contributed by atoms with E-state index in [4.69, 9.17) is 5.11 Å². The fourth-order valence-corrected chi connectivity index (χ4v) is 1.84. The van der Waals surface area contributed by atoms with Crippen LogP contribution in [0.4, 0.5) is 0 Å². The Morgan fingerprint density at radius 3 is 2.41 bits per heavy atom. The highest BCUT2D eigenvalue weighted by atomic mass is 16.4. The Balaban J connectivity index is 3.08. The Labute approximate surface area is 102 Å². The Morgan fingerprint density at radius 2 is 1.94 bits per heavy atom. The van der Waals surface area contributed by atoms with Gasteiger partial charge in [0.25, 0.3) is 0 Å². The molecule has 0 aliphatic carbocycles. The van der Waals surface area contributed by atoms with E-state index in [1.807, 2.05) is 33.8 Å². The highest BCUT2D eigenvalue weighted by Gasteiger charge is 2.20. The maximum Gasteiger partial charge on any atom is 0.303 e. The zero-order valence-corrected chi connectivity index (χ0v) is 10.8. The van der Waals surface area contributed by atoms with Gasteiger partial charge in [-0.25, -0.2) is 0 Å². The molecule has 3 nitrogen and oxygen atoms in total. The summed E-state index contributed by atoms with van der Waals surface area (Å²) in [7, 11) is 0. The Kier molecular flexibility index (Phi) is 3.81. The van der Waals surface area contributed by atoms with E-state index in [2.05, 4.69) is 0 Å². The number of hydrogen-bond donors (Lipinski definition) is 2. The lowest BCUT2D eigenvalue weighted by Crippen LogP contribution is -2.12. The van der Waals surface area contributed by atoms with Crippen LogP contribution in [0, 0.1) is 0 Å². The molecular weight excluding hydrogens is 216 g/mol. The van der Waals surface area contributed by atoms with E-state index in [9.17, 15) is 9.90 Å². The fourth-order valence-electron chi connectivity index (χ4n) is 1.84. The van der Waals surface area contributed by atoms with Gasteiger partial charge in [-0.2, -0.15) is 0 Å². The van der Waals surface area contributed by atoms with Crippen LogP contribution in [0.2, 0.25) is 0 Å². The molecule has 0 saturated carbocycles. The van der Waals surface area contributed by atoms with Crippen LogP contribution in [0.3, 0.4) is 0 Å². The van der Waals surface area contributed by atoms with Crippen LogP contribution >= 0.6 is 0 Å². The van der Waals surface area contributed by atoms with Crippen LogP contribution in [0.15, 0.2) is 18.2 Å². The first-order valence-electron chi connectivity index (χ1n) is 5.77. The minimum atomic E-state index is -0.803. The third-order valence-corrected chi connectivity index (χ3v) is 2.88. The molecule has 0 saturated heterocycles. The van der Waals surface area contributed by atoms with Crippen LogP contribution in [0.5, 0.6) is 5.75 Å². The molecule has 1 rings (SSSR count). The number of benzene rings is 1. The van der Waals surface area contributed by atoms with E-state index in [0.717, 1.165) is 11.1 Å². The second-order valence-electron chi connectivity index (χ2n) is 5.53. The van der Waals surface area contributed by atoms with Crippen molar-refractivity contribution in [3.8, 4) is 5.75 Å². The molecule has 0 radical (unpaired) electrons. The summed E-state index contributed by atoms with van der Waals surface area (Å²) in [6, 6.07) is 5.34. The Morgan fingerprint density at radius 1 is 1.35 bits per heavy atom. The number of carboxylic acid groups (broad SMARTS) is 1. The van der Waals surface area contributed by atoms with E-state index in [-0.39, 0.29) is 23.5 Å². The van der Waals surface area contributed by atoms with Crippen LogP contribution in [0.25, 0.3) is 0 Å². The molecular formula is C14H20O3. The van der Waals surface area contributed by atoms with Crippen molar-refractivity contribution in [1.82, 2.24) is 0 Å². The number of carboxylic acids is 1. The highest BCUT2D eigenvalue weighted by Crippen LogP contribution is 2.33. The number of rotatable bonds is 3. The summed E-state index contributed by atoms with van der Waals surface area (Å²) in [6.07, 6.45) is 0.106. The molecule has 94 valence electrons. The molecule has 17 heavy (non-hydrogen) atoms. The third kappa shape index (κ3) is 3.48. The van der Waals surface area contributed by atoms with Gasteiger partial charge in [0.15, 0.2) is 0 Å². The quantitative estimate of drug-likeness (QED) is 0.846. The molecule has 1 unspecified atom stereocenters. The minimum Gasteiger partial charge on any atom is -0.508 e. The van der Waals surface area contributed by atoms with Crippen molar-refractivity contribution in [2.75, 3.05) is 0 Å². The minimum absolute atomic E-state index is 0.0470. The lowest BCUT2D eigenvalue weighted by Gasteiger charge is -2.22. The van der Waals surface area contributed by atoms with Crippen LogP contribution in [-0.2, 0) is 10.2 Å². The van der Waals surface area contributed by atoms with Gasteiger partial charge in [-0.05, 0) is 28.5 Å². The topological polar surface area (TPSA) is 57.5 Å². The summed E-state index contributed by atoms with van der Waals surface area (Å²) < 4.78 is 0. The Bertz CT molecular complexity index is 416. The maximum absolute atomic E-state index is 10.7. The first kappa shape index (κ1) is 13.6. The van der Waals surface area contributed by atoms with Crippen molar-refractivity contribution >= 4 is 5.97 Å². The van der Waals surface area contributed by atoms with Crippen molar-refractivity contribution in [1.29, 1.82) is 0 Å². The summed E-state index contributed by atoms with van der Waals surface area (Å²) in [5.41, 5.74) is 1.66.